The number of halogens is 1. The molecule has 1 aromatic carbocycles. The van der Waals surface area contributed by atoms with Crippen LogP contribution >= 0.6 is 11.6 Å². The molecule has 122 valence electrons. The summed E-state index contributed by atoms with van der Waals surface area (Å²) in [6.07, 6.45) is 2.61. The largest absolute Gasteiger partial charge is 0.506 e. The molecule has 23 heavy (non-hydrogen) atoms. The highest BCUT2D eigenvalue weighted by molar-refractivity contribution is 6.30. The first-order valence-corrected chi connectivity index (χ1v) is 8.10. The highest BCUT2D eigenvalue weighted by atomic mass is 35.5. The maximum atomic E-state index is 10.6. The van der Waals surface area contributed by atoms with Crippen molar-refractivity contribution in [3.05, 3.63) is 57.9 Å². The third-order valence-electron chi connectivity index (χ3n) is 4.41. The standard InChI is InChI=1S/C18H21ClN2O2/c1-4-18(12-5-7-13(19)8-6-12)15-9-20-16(10-21(2)3)17(22)14(15)11-23-18/h5-9,22H,4,10-11H2,1-3H3. The highest BCUT2D eigenvalue weighted by Crippen LogP contribution is 2.47. The molecule has 0 aliphatic carbocycles. The average Bonchev–Trinajstić information content (AvgIpc) is 2.91. The van der Waals surface area contributed by atoms with Gasteiger partial charge in [-0.2, -0.15) is 0 Å². The van der Waals surface area contributed by atoms with Crippen molar-refractivity contribution >= 4 is 11.6 Å². The van der Waals surface area contributed by atoms with Crippen LogP contribution in [0, 0.1) is 0 Å². The van der Waals surface area contributed by atoms with Gasteiger partial charge in [0, 0.05) is 28.9 Å². The minimum atomic E-state index is -0.568. The topological polar surface area (TPSA) is 45.6 Å². The van der Waals surface area contributed by atoms with E-state index in [-0.39, 0.29) is 5.75 Å². The van der Waals surface area contributed by atoms with Crippen LogP contribution in [0.2, 0.25) is 5.02 Å². The van der Waals surface area contributed by atoms with Crippen molar-refractivity contribution in [1.82, 2.24) is 9.88 Å². The molecule has 1 atom stereocenters. The van der Waals surface area contributed by atoms with Crippen LogP contribution in [-0.4, -0.2) is 29.1 Å². The lowest BCUT2D eigenvalue weighted by molar-refractivity contribution is -0.00836. The smallest absolute Gasteiger partial charge is 0.144 e. The average molecular weight is 333 g/mol. The molecule has 0 spiro atoms. The van der Waals surface area contributed by atoms with Crippen molar-refractivity contribution in [1.29, 1.82) is 0 Å². The Morgan fingerprint density at radius 2 is 2.00 bits per heavy atom. The molecule has 1 aromatic heterocycles. The lowest BCUT2D eigenvalue weighted by atomic mass is 9.84. The van der Waals surface area contributed by atoms with Crippen LogP contribution in [0.1, 0.15) is 35.7 Å². The van der Waals surface area contributed by atoms with Gasteiger partial charge in [0.25, 0.3) is 0 Å². The van der Waals surface area contributed by atoms with E-state index in [1.807, 2.05) is 49.5 Å². The molecule has 2 aromatic rings. The molecule has 2 heterocycles. The zero-order valence-electron chi connectivity index (χ0n) is 13.6. The van der Waals surface area contributed by atoms with E-state index in [4.69, 9.17) is 16.3 Å². The molecule has 0 saturated heterocycles. The summed E-state index contributed by atoms with van der Waals surface area (Å²) in [4.78, 5) is 6.46. The van der Waals surface area contributed by atoms with E-state index < -0.39 is 5.60 Å². The molecule has 3 rings (SSSR count). The van der Waals surface area contributed by atoms with Crippen molar-refractivity contribution in [3.63, 3.8) is 0 Å². The third-order valence-corrected chi connectivity index (χ3v) is 4.66. The first-order chi connectivity index (χ1) is 11.0. The van der Waals surface area contributed by atoms with Crippen LogP contribution in [0.25, 0.3) is 0 Å². The fourth-order valence-electron chi connectivity index (χ4n) is 3.22. The highest BCUT2D eigenvalue weighted by Gasteiger charge is 2.42. The fraction of sp³-hybridized carbons (Fsp3) is 0.389. The molecule has 0 saturated carbocycles. The molecule has 0 fully saturated rings. The van der Waals surface area contributed by atoms with Crippen LogP contribution in [0.15, 0.2) is 30.5 Å². The van der Waals surface area contributed by atoms with E-state index in [2.05, 4.69) is 11.9 Å². The Labute approximate surface area is 141 Å². The number of aromatic hydroxyl groups is 1. The van der Waals surface area contributed by atoms with Crippen LogP contribution < -0.4 is 0 Å². The summed E-state index contributed by atoms with van der Waals surface area (Å²) in [6, 6.07) is 7.68. The first-order valence-electron chi connectivity index (χ1n) is 7.73. The van der Waals surface area contributed by atoms with Crippen molar-refractivity contribution in [2.24, 2.45) is 0 Å². The van der Waals surface area contributed by atoms with Gasteiger partial charge >= 0.3 is 0 Å². The maximum absolute atomic E-state index is 10.6. The monoisotopic (exact) mass is 332 g/mol. The second kappa shape index (κ2) is 6.11. The van der Waals surface area contributed by atoms with E-state index in [0.29, 0.717) is 23.9 Å². The van der Waals surface area contributed by atoms with E-state index in [1.165, 1.54) is 0 Å². The van der Waals surface area contributed by atoms with Gasteiger partial charge in [0.2, 0.25) is 0 Å². The predicted octanol–water partition coefficient (Wildman–Crippen LogP) is 3.69. The molecule has 0 bridgehead atoms. The Kier molecular flexibility index (Phi) is 4.32. The SMILES string of the molecule is CCC1(c2ccc(Cl)cc2)OCc2c1cnc(CN(C)C)c2O. The normalized spacial score (nSPS) is 20.0. The summed E-state index contributed by atoms with van der Waals surface area (Å²) < 4.78 is 6.17. The van der Waals surface area contributed by atoms with Gasteiger partial charge in [-0.25, -0.2) is 0 Å². The van der Waals surface area contributed by atoms with Crippen molar-refractivity contribution in [2.75, 3.05) is 14.1 Å². The molecule has 1 aliphatic heterocycles. The summed E-state index contributed by atoms with van der Waals surface area (Å²) in [5.41, 5.74) is 2.93. The Morgan fingerprint density at radius 3 is 2.61 bits per heavy atom. The summed E-state index contributed by atoms with van der Waals surface area (Å²) in [5.74, 6) is 0.250. The molecule has 1 unspecified atom stereocenters. The maximum Gasteiger partial charge on any atom is 0.144 e. The summed E-state index contributed by atoms with van der Waals surface area (Å²) in [6.45, 7) is 3.06. The van der Waals surface area contributed by atoms with Gasteiger partial charge in [0.1, 0.15) is 11.4 Å². The zero-order chi connectivity index (χ0) is 16.6. The van der Waals surface area contributed by atoms with Crippen LogP contribution in [0.3, 0.4) is 0 Å². The summed E-state index contributed by atoms with van der Waals surface area (Å²) in [7, 11) is 3.91. The van der Waals surface area contributed by atoms with Gasteiger partial charge in [-0.15, -0.1) is 0 Å². The zero-order valence-corrected chi connectivity index (χ0v) is 14.4. The van der Waals surface area contributed by atoms with E-state index in [0.717, 1.165) is 23.1 Å². The third kappa shape index (κ3) is 2.71. The molecule has 0 radical (unpaired) electrons. The first kappa shape index (κ1) is 16.2. The Bertz CT molecular complexity index is 716. The molecule has 5 heteroatoms. The Balaban J connectivity index is 2.09. The van der Waals surface area contributed by atoms with Gasteiger partial charge in [-0.3, -0.25) is 4.98 Å². The van der Waals surface area contributed by atoms with Crippen LogP contribution in [-0.2, 0) is 23.5 Å². The summed E-state index contributed by atoms with van der Waals surface area (Å²) in [5, 5.41) is 11.3. The number of ether oxygens (including phenoxy) is 1. The van der Waals surface area contributed by atoms with Gasteiger partial charge in [-0.05, 0) is 38.2 Å². The Morgan fingerprint density at radius 1 is 1.30 bits per heavy atom. The van der Waals surface area contributed by atoms with Crippen molar-refractivity contribution in [3.8, 4) is 5.75 Å². The molecule has 1 aliphatic rings. The minimum Gasteiger partial charge on any atom is -0.506 e. The number of hydrogen-bond donors (Lipinski definition) is 1. The molecule has 0 amide bonds. The number of benzene rings is 1. The number of pyridine rings is 1. The van der Waals surface area contributed by atoms with E-state index in [9.17, 15) is 5.11 Å². The second-order valence-corrected chi connectivity index (χ2v) is 6.60. The van der Waals surface area contributed by atoms with Crippen LogP contribution in [0.4, 0.5) is 0 Å². The number of fused-ring (bicyclic) bond motifs is 1. The quantitative estimate of drug-likeness (QED) is 0.927. The van der Waals surface area contributed by atoms with Crippen LogP contribution in [0.5, 0.6) is 5.75 Å². The second-order valence-electron chi connectivity index (χ2n) is 6.16. The van der Waals surface area contributed by atoms with E-state index in [1.54, 1.807) is 0 Å². The van der Waals surface area contributed by atoms with Gasteiger partial charge in [0.15, 0.2) is 0 Å². The molecule has 4 nitrogen and oxygen atoms in total. The van der Waals surface area contributed by atoms with Crippen molar-refractivity contribution < 1.29 is 9.84 Å². The number of nitrogens with zero attached hydrogens (tertiary/aromatic N) is 2. The molecule has 1 N–H and O–H groups in total. The van der Waals surface area contributed by atoms with Gasteiger partial charge in [0.05, 0.1) is 12.3 Å². The lowest BCUT2D eigenvalue weighted by Gasteiger charge is -2.29. The van der Waals surface area contributed by atoms with Gasteiger partial charge in [-0.1, -0.05) is 30.7 Å². The Hall–Kier alpha value is -1.62. The predicted molar refractivity (Wildman–Crippen MR) is 90.6 cm³/mol. The molecular formula is C18H21ClN2O2. The molecular weight excluding hydrogens is 312 g/mol. The number of hydrogen-bond acceptors (Lipinski definition) is 4. The minimum absolute atomic E-state index is 0.250. The van der Waals surface area contributed by atoms with E-state index >= 15 is 0 Å². The number of rotatable bonds is 4. The number of aromatic nitrogens is 1. The fourth-order valence-corrected chi connectivity index (χ4v) is 3.35. The van der Waals surface area contributed by atoms with Crippen molar-refractivity contribution in [2.45, 2.75) is 32.1 Å². The summed E-state index contributed by atoms with van der Waals surface area (Å²) >= 11 is 6.00. The lowest BCUT2D eigenvalue weighted by Crippen LogP contribution is -2.26. The van der Waals surface area contributed by atoms with Gasteiger partial charge < -0.3 is 14.7 Å².